The minimum Gasteiger partial charge on any atom is -0.358 e. The van der Waals surface area contributed by atoms with Crippen LogP contribution in [0.25, 0.3) is 12.2 Å². The molecule has 0 heterocycles. The number of allylic oxidation sites excluding steroid dienone is 2. The average molecular weight is 810 g/mol. The molecule has 0 spiro atoms. The Morgan fingerprint density at radius 3 is 1.40 bits per heavy atom. The molecular formula is C53H71BZr. The molecule has 2 heteroatoms. The molecule has 0 nitrogen and oxygen atoms in total. The molecule has 4 aromatic rings. The third-order valence-electron chi connectivity index (χ3n) is 13.4. The van der Waals surface area contributed by atoms with Crippen molar-refractivity contribution in [1.29, 1.82) is 0 Å². The second-order valence-corrected chi connectivity index (χ2v) is 16.0. The van der Waals surface area contributed by atoms with Gasteiger partial charge in [0.05, 0.1) is 0 Å². The first-order valence-electron chi connectivity index (χ1n) is 20.4. The maximum atomic E-state index is 3.25. The third kappa shape index (κ3) is 12.2. The summed E-state index contributed by atoms with van der Waals surface area (Å²) in [6.07, 6.45) is 21.5. The van der Waals surface area contributed by atoms with Crippen LogP contribution in [-0.4, -0.2) is 6.71 Å². The van der Waals surface area contributed by atoms with Gasteiger partial charge in [-0.2, -0.15) is 6.92 Å². The summed E-state index contributed by atoms with van der Waals surface area (Å²) in [6, 6.07) is 43.7. The average Bonchev–Trinajstić information content (AvgIpc) is 3.79. The molecule has 9 atom stereocenters. The molecule has 4 aliphatic rings. The minimum atomic E-state index is 0. The second kappa shape index (κ2) is 24.8. The Labute approximate surface area is 359 Å². The Hall–Kier alpha value is -2.69. The molecule has 0 aliphatic heterocycles. The number of rotatable bonds is 7. The van der Waals surface area contributed by atoms with Crippen molar-refractivity contribution < 1.29 is 26.2 Å². The minimum absolute atomic E-state index is 0. The van der Waals surface area contributed by atoms with Crippen LogP contribution in [-0.2, 0) is 26.2 Å². The largest absolute Gasteiger partial charge is 4.00 e. The van der Waals surface area contributed by atoms with E-state index in [2.05, 4.69) is 130 Å². The van der Waals surface area contributed by atoms with E-state index >= 15 is 0 Å². The van der Waals surface area contributed by atoms with E-state index in [-0.39, 0.29) is 48.5 Å². The zero-order valence-corrected chi connectivity index (χ0v) is 37.7. The van der Waals surface area contributed by atoms with Crippen LogP contribution < -0.4 is 0 Å². The first-order chi connectivity index (χ1) is 25.2. The summed E-state index contributed by atoms with van der Waals surface area (Å²) in [4.78, 5) is 0. The van der Waals surface area contributed by atoms with Crippen LogP contribution in [0, 0.1) is 58.8 Å². The fourth-order valence-electron chi connectivity index (χ4n) is 11.5. The van der Waals surface area contributed by atoms with E-state index in [1.807, 2.05) is 36.4 Å². The van der Waals surface area contributed by atoms with Gasteiger partial charge in [-0.05, 0) is 89.4 Å². The molecule has 4 aliphatic carbocycles. The molecule has 4 aromatic carbocycles. The molecule has 4 fully saturated rings. The van der Waals surface area contributed by atoms with Crippen LogP contribution in [0.3, 0.4) is 0 Å². The summed E-state index contributed by atoms with van der Waals surface area (Å²) in [6.45, 7) is 11.2. The molecule has 0 radical (unpaired) electrons. The van der Waals surface area contributed by atoms with Crippen LogP contribution in [0.4, 0.5) is 0 Å². The van der Waals surface area contributed by atoms with Gasteiger partial charge in [0.1, 0.15) is 6.71 Å². The smallest absolute Gasteiger partial charge is 0.358 e. The summed E-state index contributed by atoms with van der Waals surface area (Å²) in [5, 5.41) is 0. The van der Waals surface area contributed by atoms with Crippen molar-refractivity contribution in [3.8, 4) is 0 Å². The van der Waals surface area contributed by atoms with E-state index in [1.165, 1.54) is 68.9 Å². The van der Waals surface area contributed by atoms with Crippen LogP contribution in [0.2, 0.25) is 18.5 Å². The molecule has 9 unspecified atom stereocenters. The van der Waals surface area contributed by atoms with Crippen molar-refractivity contribution in [2.75, 3.05) is 0 Å². The molecule has 8 rings (SSSR count). The molecule has 290 valence electrons. The molecule has 0 N–H and O–H groups in total. The Kier molecular flexibility index (Phi) is 21.9. The number of fused-ring (bicyclic) bond motifs is 2. The molecule has 4 saturated carbocycles. The predicted molar refractivity (Wildman–Crippen MR) is 243 cm³/mol. The van der Waals surface area contributed by atoms with Gasteiger partial charge in [-0.1, -0.05) is 203 Å². The van der Waals surface area contributed by atoms with Gasteiger partial charge in [0.2, 0.25) is 0 Å². The van der Waals surface area contributed by atoms with Gasteiger partial charge >= 0.3 is 26.2 Å². The molecule has 0 amide bonds. The van der Waals surface area contributed by atoms with Crippen LogP contribution in [0.15, 0.2) is 133 Å². The van der Waals surface area contributed by atoms with Crippen molar-refractivity contribution in [2.24, 2.45) is 29.6 Å². The third-order valence-corrected chi connectivity index (χ3v) is 13.4. The van der Waals surface area contributed by atoms with Gasteiger partial charge in [-0.3, -0.25) is 0 Å². The van der Waals surface area contributed by atoms with Crippen LogP contribution in [0.5, 0.6) is 0 Å². The molecule has 55 heavy (non-hydrogen) atoms. The van der Waals surface area contributed by atoms with Crippen LogP contribution in [0.1, 0.15) is 106 Å². The first-order valence-corrected chi connectivity index (χ1v) is 20.4. The quantitative estimate of drug-likeness (QED) is 0.0991. The maximum absolute atomic E-state index is 3.25. The van der Waals surface area contributed by atoms with Gasteiger partial charge in [-0.15, -0.1) is 0 Å². The Morgan fingerprint density at radius 1 is 0.509 bits per heavy atom. The van der Waals surface area contributed by atoms with E-state index < -0.39 is 0 Å². The van der Waals surface area contributed by atoms with E-state index in [0.29, 0.717) is 0 Å². The topological polar surface area (TPSA) is 0 Å². The van der Waals surface area contributed by atoms with Gasteiger partial charge in [-0.25, -0.2) is 0 Å². The zero-order valence-electron chi connectivity index (χ0n) is 35.2. The van der Waals surface area contributed by atoms with Gasteiger partial charge in [0, 0.05) is 0 Å². The molecule has 0 saturated heterocycles. The normalized spacial score (nSPS) is 27.5. The van der Waals surface area contributed by atoms with Crippen molar-refractivity contribution in [2.45, 2.75) is 102 Å². The monoisotopic (exact) mass is 808 g/mol. The maximum Gasteiger partial charge on any atom is 4.00 e. The second-order valence-electron chi connectivity index (χ2n) is 16.0. The van der Waals surface area contributed by atoms with Crippen molar-refractivity contribution in [1.82, 2.24) is 0 Å². The fourth-order valence-corrected chi connectivity index (χ4v) is 11.5. The molecular weight excluding hydrogens is 739 g/mol. The van der Waals surface area contributed by atoms with E-state index in [1.54, 1.807) is 18.1 Å². The molecule has 0 bridgehead atoms. The summed E-state index contributed by atoms with van der Waals surface area (Å²) < 4.78 is 0. The van der Waals surface area contributed by atoms with E-state index in [4.69, 9.17) is 0 Å². The Bertz CT molecular complexity index is 1570. The Balaban J connectivity index is 0.000000407. The molecule has 0 aromatic heterocycles. The van der Waals surface area contributed by atoms with E-state index in [0.717, 1.165) is 59.8 Å². The number of hydrogen-bond acceptors (Lipinski definition) is 0. The van der Waals surface area contributed by atoms with Gasteiger partial charge < -0.3 is 29.2 Å². The summed E-state index contributed by atoms with van der Waals surface area (Å²) >= 11 is 0. The van der Waals surface area contributed by atoms with Gasteiger partial charge in [0.15, 0.2) is 0 Å². The first kappa shape index (κ1) is 48.5. The van der Waals surface area contributed by atoms with Crippen molar-refractivity contribution >= 4 is 18.9 Å². The van der Waals surface area contributed by atoms with Crippen molar-refractivity contribution in [3.63, 3.8) is 0 Å². The zero-order chi connectivity index (χ0) is 35.4. The Morgan fingerprint density at radius 2 is 0.927 bits per heavy atom. The summed E-state index contributed by atoms with van der Waals surface area (Å²) in [7, 11) is 0. The standard InChI is InChI=1S/C32H43B.C16H14.C2H5.3CH3.Zr/c1-22-21-30-26(24-13-7-4-8-14-24)16-10-18-29(30)32(22)33(2)31-20-19-27-25(15-9-17-28(27)31)23-11-5-3-6-12-23;1-3-9-15(10-4-1)13-7-8-14-16-11-5-2-6-12-16;1-2;;;;/h3-8,11-14,22,25-32H,9-10,15-21H2,1-2H3;1-14H;1H2,2H3;3*1H3;/q;;4*-1;+4/b;13-7+,14-8+;;;;;. The summed E-state index contributed by atoms with van der Waals surface area (Å²) in [5.74, 6) is 8.33. The van der Waals surface area contributed by atoms with E-state index in [9.17, 15) is 0 Å². The number of benzene rings is 4. The van der Waals surface area contributed by atoms with Crippen molar-refractivity contribution in [3.05, 3.63) is 185 Å². The van der Waals surface area contributed by atoms with Crippen LogP contribution >= 0.6 is 0 Å². The summed E-state index contributed by atoms with van der Waals surface area (Å²) in [5.41, 5.74) is 5.71. The number of hydrogen-bond donors (Lipinski definition) is 0. The SMILES string of the molecule is C(/C=C/c1ccccc1)=C\c1ccccc1.CB(C1CCC2C(c3ccccc3)CCCC12)C1C(C)CC2C(c3ccccc3)CCCC21.[CH2-]C.[CH3-].[CH3-].[CH3-].[Zr+4]. The fraction of sp³-hybridized carbons (Fsp3) is 0.396. The predicted octanol–water partition coefficient (Wildman–Crippen LogP) is 15.7. The van der Waals surface area contributed by atoms with Gasteiger partial charge in [0.25, 0.3) is 0 Å².